The molecule has 4 rings (SSSR count). The fraction of sp³-hybridized carbons (Fsp3) is 0.125. The standard InChI is InChI=1S/C16H13N3O/c1-19-14-8-7-10(20-2)9-11(14)15-16(19)18-13-6-4-3-5-12(13)17-15/h3-9H,1-2H3. The number of para-hydroxylation sites is 2. The summed E-state index contributed by atoms with van der Waals surface area (Å²) in [6.07, 6.45) is 0. The van der Waals surface area contributed by atoms with Crippen molar-refractivity contribution >= 4 is 33.1 Å². The van der Waals surface area contributed by atoms with Crippen molar-refractivity contribution in [1.82, 2.24) is 14.5 Å². The van der Waals surface area contributed by atoms with E-state index in [1.165, 1.54) is 0 Å². The van der Waals surface area contributed by atoms with Gasteiger partial charge in [0.1, 0.15) is 11.3 Å². The van der Waals surface area contributed by atoms with E-state index >= 15 is 0 Å². The second kappa shape index (κ2) is 3.93. The monoisotopic (exact) mass is 263 g/mol. The third-order valence-corrected chi connectivity index (χ3v) is 3.69. The minimum absolute atomic E-state index is 0.833. The largest absolute Gasteiger partial charge is 0.497 e. The van der Waals surface area contributed by atoms with E-state index in [1.54, 1.807) is 7.11 Å². The first kappa shape index (κ1) is 11.2. The molecule has 0 atom stereocenters. The highest BCUT2D eigenvalue weighted by molar-refractivity contribution is 6.06. The van der Waals surface area contributed by atoms with Gasteiger partial charge in [0, 0.05) is 12.4 Å². The SMILES string of the molecule is COc1ccc2c(c1)c1nc3ccccc3nc1n2C. The quantitative estimate of drug-likeness (QED) is 0.529. The van der Waals surface area contributed by atoms with E-state index in [2.05, 4.69) is 4.57 Å². The van der Waals surface area contributed by atoms with Gasteiger partial charge >= 0.3 is 0 Å². The predicted octanol–water partition coefficient (Wildman–Crippen LogP) is 3.28. The zero-order chi connectivity index (χ0) is 13.7. The molecule has 0 radical (unpaired) electrons. The van der Waals surface area contributed by atoms with Crippen molar-refractivity contribution in [2.75, 3.05) is 7.11 Å². The summed E-state index contributed by atoms with van der Waals surface area (Å²) in [7, 11) is 3.69. The zero-order valence-electron chi connectivity index (χ0n) is 11.3. The first-order valence-electron chi connectivity index (χ1n) is 6.47. The van der Waals surface area contributed by atoms with E-state index in [4.69, 9.17) is 14.7 Å². The van der Waals surface area contributed by atoms with E-state index in [-0.39, 0.29) is 0 Å². The van der Waals surface area contributed by atoms with Crippen LogP contribution in [0, 0.1) is 0 Å². The van der Waals surface area contributed by atoms with Crippen LogP contribution in [0.3, 0.4) is 0 Å². The molecule has 0 aliphatic carbocycles. The summed E-state index contributed by atoms with van der Waals surface area (Å²) in [5.74, 6) is 0.833. The van der Waals surface area contributed by atoms with Crippen molar-refractivity contribution in [2.24, 2.45) is 7.05 Å². The number of nitrogens with zero attached hydrogens (tertiary/aromatic N) is 3. The maximum atomic E-state index is 5.31. The molecule has 4 aromatic rings. The molecule has 0 saturated heterocycles. The number of methoxy groups -OCH3 is 1. The molecule has 0 unspecified atom stereocenters. The van der Waals surface area contributed by atoms with E-state index in [9.17, 15) is 0 Å². The van der Waals surface area contributed by atoms with Gasteiger partial charge in [-0.3, -0.25) is 0 Å². The number of rotatable bonds is 1. The van der Waals surface area contributed by atoms with Gasteiger partial charge in [0.2, 0.25) is 0 Å². The van der Waals surface area contributed by atoms with Crippen molar-refractivity contribution in [1.29, 1.82) is 0 Å². The second-order valence-electron chi connectivity index (χ2n) is 4.83. The van der Waals surface area contributed by atoms with Crippen LogP contribution in [0.1, 0.15) is 0 Å². The molecule has 2 heterocycles. The van der Waals surface area contributed by atoms with Gasteiger partial charge in [0.25, 0.3) is 0 Å². The van der Waals surface area contributed by atoms with Gasteiger partial charge < -0.3 is 9.30 Å². The third kappa shape index (κ3) is 1.42. The number of ether oxygens (including phenoxy) is 1. The van der Waals surface area contributed by atoms with Crippen molar-refractivity contribution in [2.45, 2.75) is 0 Å². The topological polar surface area (TPSA) is 39.9 Å². The summed E-state index contributed by atoms with van der Waals surface area (Å²) in [6, 6.07) is 14.0. The van der Waals surface area contributed by atoms with Crippen molar-refractivity contribution in [3.8, 4) is 5.75 Å². The molecule has 0 fully saturated rings. The molecule has 0 N–H and O–H groups in total. The van der Waals surface area contributed by atoms with Gasteiger partial charge in [0.15, 0.2) is 5.65 Å². The van der Waals surface area contributed by atoms with E-state index in [0.29, 0.717) is 0 Å². The van der Waals surface area contributed by atoms with Gasteiger partial charge in [-0.25, -0.2) is 9.97 Å². The average Bonchev–Trinajstić information content (AvgIpc) is 2.77. The Morgan fingerprint density at radius 1 is 1.00 bits per heavy atom. The third-order valence-electron chi connectivity index (χ3n) is 3.69. The van der Waals surface area contributed by atoms with Gasteiger partial charge in [-0.2, -0.15) is 0 Å². The average molecular weight is 263 g/mol. The summed E-state index contributed by atoms with van der Waals surface area (Å²) in [5, 5.41) is 1.07. The van der Waals surface area contributed by atoms with Crippen molar-refractivity contribution in [3.05, 3.63) is 42.5 Å². The number of benzene rings is 2. The van der Waals surface area contributed by atoms with Crippen LogP contribution < -0.4 is 4.74 Å². The Hall–Kier alpha value is -2.62. The fourth-order valence-corrected chi connectivity index (χ4v) is 2.64. The van der Waals surface area contributed by atoms with E-state index in [1.807, 2.05) is 49.5 Å². The first-order valence-corrected chi connectivity index (χ1v) is 6.47. The molecule has 0 amide bonds. The van der Waals surface area contributed by atoms with Gasteiger partial charge in [-0.1, -0.05) is 12.1 Å². The summed E-state index contributed by atoms with van der Waals surface area (Å²) in [5.41, 5.74) is 4.75. The molecule has 20 heavy (non-hydrogen) atoms. The van der Waals surface area contributed by atoms with Gasteiger partial charge in [-0.05, 0) is 30.3 Å². The molecule has 0 saturated carbocycles. The molecule has 98 valence electrons. The molecule has 0 spiro atoms. The normalized spacial score (nSPS) is 11.5. The van der Waals surface area contributed by atoms with Gasteiger partial charge in [-0.15, -0.1) is 0 Å². The second-order valence-corrected chi connectivity index (χ2v) is 4.83. The molecule has 4 heteroatoms. The Kier molecular flexibility index (Phi) is 2.21. The molecular formula is C16H13N3O. The van der Waals surface area contributed by atoms with Gasteiger partial charge in [0.05, 0.1) is 23.7 Å². The lowest BCUT2D eigenvalue weighted by atomic mass is 10.2. The van der Waals surface area contributed by atoms with E-state index < -0.39 is 0 Å². The van der Waals surface area contributed by atoms with Crippen LogP contribution in [0.5, 0.6) is 5.75 Å². The zero-order valence-corrected chi connectivity index (χ0v) is 11.3. The minimum atomic E-state index is 0.833. The lowest BCUT2D eigenvalue weighted by Gasteiger charge is -1.99. The van der Waals surface area contributed by atoms with Crippen molar-refractivity contribution in [3.63, 3.8) is 0 Å². The molecule has 4 nitrogen and oxygen atoms in total. The minimum Gasteiger partial charge on any atom is -0.497 e. The number of aromatic nitrogens is 3. The molecular weight excluding hydrogens is 250 g/mol. The van der Waals surface area contributed by atoms with Crippen LogP contribution in [-0.2, 0) is 7.05 Å². The Morgan fingerprint density at radius 2 is 1.75 bits per heavy atom. The van der Waals surface area contributed by atoms with Crippen LogP contribution in [-0.4, -0.2) is 21.6 Å². The van der Waals surface area contributed by atoms with Crippen LogP contribution in [0.15, 0.2) is 42.5 Å². The first-order chi connectivity index (χ1) is 9.78. The molecule has 2 aromatic heterocycles. The van der Waals surface area contributed by atoms with Crippen LogP contribution in [0.4, 0.5) is 0 Å². The lowest BCUT2D eigenvalue weighted by molar-refractivity contribution is 0.415. The Bertz CT molecular complexity index is 956. The number of aryl methyl sites for hydroxylation is 1. The maximum absolute atomic E-state index is 5.31. The fourth-order valence-electron chi connectivity index (χ4n) is 2.64. The summed E-state index contributed by atoms with van der Waals surface area (Å²) in [4.78, 5) is 9.49. The molecule has 2 aromatic carbocycles. The Labute approximate surface area is 115 Å². The number of fused-ring (bicyclic) bond motifs is 4. The Balaban J connectivity index is 2.23. The summed E-state index contributed by atoms with van der Waals surface area (Å²) in [6.45, 7) is 0. The summed E-state index contributed by atoms with van der Waals surface area (Å²) < 4.78 is 7.38. The predicted molar refractivity (Wildman–Crippen MR) is 80.1 cm³/mol. The van der Waals surface area contributed by atoms with E-state index in [0.717, 1.165) is 38.8 Å². The van der Waals surface area contributed by atoms with Crippen molar-refractivity contribution < 1.29 is 4.74 Å². The Morgan fingerprint density at radius 3 is 2.50 bits per heavy atom. The van der Waals surface area contributed by atoms with Crippen LogP contribution in [0.2, 0.25) is 0 Å². The number of hydrogen-bond acceptors (Lipinski definition) is 3. The van der Waals surface area contributed by atoms with Crippen LogP contribution >= 0.6 is 0 Å². The lowest BCUT2D eigenvalue weighted by Crippen LogP contribution is -1.91. The highest BCUT2D eigenvalue weighted by Gasteiger charge is 2.12. The highest BCUT2D eigenvalue weighted by Crippen LogP contribution is 2.29. The highest BCUT2D eigenvalue weighted by atomic mass is 16.5. The van der Waals surface area contributed by atoms with Crippen LogP contribution in [0.25, 0.3) is 33.1 Å². The molecule has 0 bridgehead atoms. The summed E-state index contributed by atoms with van der Waals surface area (Å²) >= 11 is 0. The molecule has 0 aliphatic heterocycles. The number of hydrogen-bond donors (Lipinski definition) is 0. The maximum Gasteiger partial charge on any atom is 0.160 e. The molecule has 0 aliphatic rings. The smallest absolute Gasteiger partial charge is 0.160 e.